The Morgan fingerprint density at radius 3 is 2.23 bits per heavy atom. The van der Waals surface area contributed by atoms with Crippen molar-refractivity contribution < 1.29 is 4.39 Å². The summed E-state index contributed by atoms with van der Waals surface area (Å²) in [7, 11) is 0. The van der Waals surface area contributed by atoms with Crippen LogP contribution >= 0.6 is 0 Å². The van der Waals surface area contributed by atoms with Crippen LogP contribution in [0.15, 0.2) is 54.6 Å². The van der Waals surface area contributed by atoms with Gasteiger partial charge in [0, 0.05) is 25.4 Å². The van der Waals surface area contributed by atoms with Crippen molar-refractivity contribution in [2.45, 2.75) is 84.0 Å². The normalized spacial score (nSPS) is 19.1. The van der Waals surface area contributed by atoms with Gasteiger partial charge in [-0.15, -0.1) is 0 Å². The first-order chi connectivity index (χ1) is 14.6. The molecule has 1 aliphatic rings. The number of rotatable bonds is 9. The minimum atomic E-state index is -0.642. The average Bonchev–Trinajstić information content (AvgIpc) is 3.21. The summed E-state index contributed by atoms with van der Waals surface area (Å²) in [4.78, 5) is 2.59. The van der Waals surface area contributed by atoms with Crippen molar-refractivity contribution in [2.75, 3.05) is 6.54 Å². The number of hydrogen-bond acceptors (Lipinski definition) is 2. The van der Waals surface area contributed by atoms with E-state index in [9.17, 15) is 4.39 Å². The van der Waals surface area contributed by atoms with E-state index in [1.54, 1.807) is 6.07 Å². The smallest absolute Gasteiger partial charge is 0.107 e. The Labute approximate surface area is 182 Å². The van der Waals surface area contributed by atoms with Crippen molar-refractivity contribution in [1.29, 1.82) is 5.26 Å². The predicted molar refractivity (Wildman–Crippen MR) is 124 cm³/mol. The summed E-state index contributed by atoms with van der Waals surface area (Å²) >= 11 is 0. The first kappa shape index (κ1) is 24.1. The van der Waals surface area contributed by atoms with Crippen LogP contribution in [0.1, 0.15) is 75.5 Å². The van der Waals surface area contributed by atoms with Crippen LogP contribution in [0.5, 0.6) is 0 Å². The van der Waals surface area contributed by atoms with Crippen LogP contribution < -0.4 is 0 Å². The SMILES string of the molecule is CC#N.CCC(CCc1ccc(C2CCCC2F)cc1)N(CC)Cc1ccccc1. The third kappa shape index (κ3) is 7.26. The van der Waals surface area contributed by atoms with Crippen LogP contribution in [0.3, 0.4) is 0 Å². The van der Waals surface area contributed by atoms with Crippen LogP contribution in [0.4, 0.5) is 4.39 Å². The van der Waals surface area contributed by atoms with Gasteiger partial charge in [0.15, 0.2) is 0 Å². The van der Waals surface area contributed by atoms with Crippen LogP contribution in [0, 0.1) is 11.3 Å². The lowest BCUT2D eigenvalue weighted by Gasteiger charge is -2.30. The molecule has 3 atom stereocenters. The van der Waals surface area contributed by atoms with Crippen molar-refractivity contribution >= 4 is 0 Å². The van der Waals surface area contributed by atoms with E-state index < -0.39 is 6.17 Å². The quantitative estimate of drug-likeness (QED) is 0.444. The molecule has 0 bridgehead atoms. The molecule has 162 valence electrons. The zero-order valence-corrected chi connectivity index (χ0v) is 18.9. The van der Waals surface area contributed by atoms with Gasteiger partial charge < -0.3 is 0 Å². The van der Waals surface area contributed by atoms with Crippen molar-refractivity contribution in [1.82, 2.24) is 4.90 Å². The average molecular weight is 409 g/mol. The summed E-state index contributed by atoms with van der Waals surface area (Å²) in [6, 6.07) is 21.9. The van der Waals surface area contributed by atoms with Gasteiger partial charge in [0.2, 0.25) is 0 Å². The Morgan fingerprint density at radius 2 is 1.70 bits per heavy atom. The summed E-state index contributed by atoms with van der Waals surface area (Å²) in [6.07, 6.45) is 5.56. The lowest BCUT2D eigenvalue weighted by Crippen LogP contribution is -2.34. The Bertz CT molecular complexity index is 751. The van der Waals surface area contributed by atoms with E-state index in [0.29, 0.717) is 6.04 Å². The van der Waals surface area contributed by atoms with E-state index in [0.717, 1.165) is 38.8 Å². The zero-order valence-electron chi connectivity index (χ0n) is 18.9. The first-order valence-corrected chi connectivity index (χ1v) is 11.4. The second-order valence-corrected chi connectivity index (χ2v) is 8.17. The molecule has 0 aliphatic heterocycles. The number of halogens is 1. The molecule has 0 heterocycles. The summed E-state index contributed by atoms with van der Waals surface area (Å²) in [5, 5.41) is 7.32. The Morgan fingerprint density at radius 1 is 1.03 bits per heavy atom. The molecule has 1 saturated carbocycles. The minimum Gasteiger partial charge on any atom is -0.296 e. The molecule has 1 aliphatic carbocycles. The Hall–Kier alpha value is -2.18. The third-order valence-corrected chi connectivity index (χ3v) is 6.23. The highest BCUT2D eigenvalue weighted by molar-refractivity contribution is 5.27. The van der Waals surface area contributed by atoms with Gasteiger partial charge in [-0.2, -0.15) is 5.26 Å². The maximum absolute atomic E-state index is 14.0. The maximum Gasteiger partial charge on any atom is 0.107 e. The molecule has 0 spiro atoms. The van der Waals surface area contributed by atoms with Gasteiger partial charge >= 0.3 is 0 Å². The number of benzene rings is 2. The van der Waals surface area contributed by atoms with E-state index in [-0.39, 0.29) is 5.92 Å². The number of aryl methyl sites for hydroxylation is 1. The van der Waals surface area contributed by atoms with E-state index in [2.05, 4.69) is 73.3 Å². The zero-order chi connectivity index (χ0) is 21.8. The predicted octanol–water partition coefficient (Wildman–Crippen LogP) is 7.06. The molecule has 30 heavy (non-hydrogen) atoms. The maximum atomic E-state index is 14.0. The molecule has 2 nitrogen and oxygen atoms in total. The molecule has 2 aromatic carbocycles. The van der Waals surface area contributed by atoms with Crippen molar-refractivity contribution in [3.8, 4) is 6.07 Å². The summed E-state index contributed by atoms with van der Waals surface area (Å²) < 4.78 is 14.0. The fraction of sp³-hybridized carbons (Fsp3) is 0.519. The summed E-state index contributed by atoms with van der Waals surface area (Å²) in [5.41, 5.74) is 3.95. The van der Waals surface area contributed by atoms with Gasteiger partial charge in [-0.05, 0) is 61.8 Å². The molecule has 3 heteroatoms. The second-order valence-electron chi connectivity index (χ2n) is 8.17. The topological polar surface area (TPSA) is 27.0 Å². The molecule has 3 unspecified atom stereocenters. The van der Waals surface area contributed by atoms with Gasteiger partial charge in [0.1, 0.15) is 6.17 Å². The molecule has 2 aromatic rings. The van der Waals surface area contributed by atoms with Crippen LogP contribution in [0.25, 0.3) is 0 Å². The second kappa shape index (κ2) is 13.2. The van der Waals surface area contributed by atoms with E-state index >= 15 is 0 Å². The molecule has 3 rings (SSSR count). The highest BCUT2D eigenvalue weighted by Gasteiger charge is 2.28. The van der Waals surface area contributed by atoms with Gasteiger partial charge in [-0.3, -0.25) is 4.90 Å². The first-order valence-electron chi connectivity index (χ1n) is 11.4. The molecular weight excluding hydrogens is 371 g/mol. The number of hydrogen-bond donors (Lipinski definition) is 0. The fourth-order valence-electron chi connectivity index (χ4n) is 4.52. The monoisotopic (exact) mass is 408 g/mol. The molecule has 0 radical (unpaired) electrons. The van der Waals surface area contributed by atoms with Crippen LogP contribution in [-0.2, 0) is 13.0 Å². The largest absolute Gasteiger partial charge is 0.296 e. The minimum absolute atomic E-state index is 0.129. The van der Waals surface area contributed by atoms with Gasteiger partial charge in [0.25, 0.3) is 0 Å². The van der Waals surface area contributed by atoms with E-state index in [4.69, 9.17) is 5.26 Å². The van der Waals surface area contributed by atoms with Crippen LogP contribution in [-0.4, -0.2) is 23.7 Å². The Kier molecular flexibility index (Phi) is 10.6. The highest BCUT2D eigenvalue weighted by atomic mass is 19.1. The van der Waals surface area contributed by atoms with Crippen molar-refractivity contribution in [3.05, 3.63) is 71.3 Å². The number of alkyl halides is 1. The number of nitrogens with zero attached hydrogens (tertiary/aromatic N) is 2. The highest BCUT2D eigenvalue weighted by Crippen LogP contribution is 2.36. The fourth-order valence-corrected chi connectivity index (χ4v) is 4.52. The third-order valence-electron chi connectivity index (χ3n) is 6.23. The standard InChI is InChI=1S/C25H34FN.C2H3N/c1-3-23(27(4-2)19-21-9-6-5-7-10-21)18-15-20-13-16-22(17-14-20)24-11-8-12-25(24)26;1-2-3/h5-7,9-10,13-14,16-17,23-25H,3-4,8,11-12,15,18-19H2,1-2H3;1H3. The van der Waals surface area contributed by atoms with Gasteiger partial charge in [-0.25, -0.2) is 4.39 Å². The van der Waals surface area contributed by atoms with Crippen LogP contribution in [0.2, 0.25) is 0 Å². The molecular formula is C27H37FN2. The molecule has 0 saturated heterocycles. The van der Waals surface area contributed by atoms with Crippen molar-refractivity contribution in [2.24, 2.45) is 0 Å². The van der Waals surface area contributed by atoms with Crippen molar-refractivity contribution in [3.63, 3.8) is 0 Å². The van der Waals surface area contributed by atoms with E-state index in [1.807, 2.05) is 0 Å². The lowest BCUT2D eigenvalue weighted by atomic mass is 9.94. The van der Waals surface area contributed by atoms with Gasteiger partial charge in [0.05, 0.1) is 6.07 Å². The summed E-state index contributed by atoms with van der Waals surface area (Å²) in [5.74, 6) is 0.129. The summed E-state index contributed by atoms with van der Waals surface area (Å²) in [6.45, 7) is 8.08. The molecule has 0 aromatic heterocycles. The molecule has 0 amide bonds. The Balaban J connectivity index is 0.00000101. The molecule has 1 fully saturated rings. The van der Waals surface area contributed by atoms with Gasteiger partial charge in [-0.1, -0.05) is 68.4 Å². The van der Waals surface area contributed by atoms with E-state index in [1.165, 1.54) is 36.5 Å². The lowest BCUT2D eigenvalue weighted by molar-refractivity contribution is 0.182. The number of nitriles is 1. The molecule has 0 N–H and O–H groups in total.